The standard InChI is InChI=1S/C16H21N5O/c1-16(2,3)13-12(14(17)21(20-13)8-9-22)15-18-10-6-4-5-7-11(10)19-15/h4-7,22H,8-9,17H2,1-3H3,(H,18,19). The minimum absolute atomic E-state index is 0.00493. The van der Waals surface area contributed by atoms with Gasteiger partial charge >= 0.3 is 0 Å². The molecule has 3 rings (SSSR count). The summed E-state index contributed by atoms with van der Waals surface area (Å²) in [5.41, 5.74) is 9.64. The van der Waals surface area contributed by atoms with Gasteiger partial charge in [-0.15, -0.1) is 0 Å². The van der Waals surface area contributed by atoms with Gasteiger partial charge in [-0.2, -0.15) is 5.10 Å². The summed E-state index contributed by atoms with van der Waals surface area (Å²) in [6.45, 7) is 6.63. The van der Waals surface area contributed by atoms with Crippen LogP contribution in [0.5, 0.6) is 0 Å². The van der Waals surface area contributed by atoms with Crippen molar-refractivity contribution >= 4 is 16.9 Å². The number of rotatable bonds is 3. The smallest absolute Gasteiger partial charge is 0.144 e. The molecule has 0 aliphatic rings. The number of aliphatic hydroxyl groups excluding tert-OH is 1. The minimum Gasteiger partial charge on any atom is -0.394 e. The quantitative estimate of drug-likeness (QED) is 0.692. The highest BCUT2D eigenvalue weighted by Gasteiger charge is 2.28. The Labute approximate surface area is 129 Å². The summed E-state index contributed by atoms with van der Waals surface area (Å²) < 4.78 is 1.64. The van der Waals surface area contributed by atoms with Crippen LogP contribution in [0.2, 0.25) is 0 Å². The van der Waals surface area contributed by atoms with Gasteiger partial charge in [0.1, 0.15) is 11.6 Å². The second-order valence-corrected chi connectivity index (χ2v) is 6.41. The van der Waals surface area contributed by atoms with Crippen LogP contribution in [0.25, 0.3) is 22.4 Å². The van der Waals surface area contributed by atoms with Gasteiger partial charge in [0.05, 0.1) is 35.4 Å². The van der Waals surface area contributed by atoms with E-state index in [0.717, 1.165) is 22.3 Å². The number of hydrogen-bond donors (Lipinski definition) is 3. The molecule has 6 heteroatoms. The lowest BCUT2D eigenvalue weighted by molar-refractivity contribution is 0.269. The van der Waals surface area contributed by atoms with Crippen molar-refractivity contribution < 1.29 is 5.11 Å². The number of nitrogen functional groups attached to an aromatic ring is 1. The van der Waals surface area contributed by atoms with Gasteiger partial charge in [-0.05, 0) is 12.1 Å². The van der Waals surface area contributed by atoms with Crippen molar-refractivity contribution in [2.45, 2.75) is 32.7 Å². The Morgan fingerprint density at radius 2 is 2.00 bits per heavy atom. The molecule has 0 saturated heterocycles. The van der Waals surface area contributed by atoms with Crippen LogP contribution in [0, 0.1) is 0 Å². The van der Waals surface area contributed by atoms with Crippen LogP contribution in [0.3, 0.4) is 0 Å². The summed E-state index contributed by atoms with van der Waals surface area (Å²) in [6.07, 6.45) is 0. The topological polar surface area (TPSA) is 92.8 Å². The Hall–Kier alpha value is -2.34. The van der Waals surface area contributed by atoms with Gasteiger partial charge in [-0.1, -0.05) is 32.9 Å². The average molecular weight is 299 g/mol. The molecule has 0 unspecified atom stereocenters. The average Bonchev–Trinajstić information content (AvgIpc) is 3.00. The van der Waals surface area contributed by atoms with Crippen molar-refractivity contribution in [1.29, 1.82) is 0 Å². The maximum absolute atomic E-state index is 9.19. The maximum atomic E-state index is 9.19. The zero-order chi connectivity index (χ0) is 15.9. The number of aromatic amines is 1. The van der Waals surface area contributed by atoms with E-state index in [1.54, 1.807) is 4.68 Å². The van der Waals surface area contributed by atoms with E-state index < -0.39 is 0 Å². The van der Waals surface area contributed by atoms with Crippen molar-refractivity contribution in [3.63, 3.8) is 0 Å². The van der Waals surface area contributed by atoms with Crippen LogP contribution in [0.15, 0.2) is 24.3 Å². The number of anilines is 1. The number of fused-ring (bicyclic) bond motifs is 1. The summed E-state index contributed by atoms with van der Waals surface area (Å²) >= 11 is 0. The lowest BCUT2D eigenvalue weighted by Gasteiger charge is -2.16. The first kappa shape index (κ1) is 14.6. The van der Waals surface area contributed by atoms with Crippen LogP contribution in [-0.2, 0) is 12.0 Å². The Kier molecular flexibility index (Phi) is 3.41. The number of imidazole rings is 1. The molecule has 2 aromatic heterocycles. The highest BCUT2D eigenvalue weighted by Crippen LogP contribution is 2.36. The number of aliphatic hydroxyl groups is 1. The molecule has 0 amide bonds. The monoisotopic (exact) mass is 299 g/mol. The number of hydrogen-bond acceptors (Lipinski definition) is 4. The van der Waals surface area contributed by atoms with Crippen LogP contribution in [0.4, 0.5) is 5.82 Å². The zero-order valence-corrected chi connectivity index (χ0v) is 13.1. The Morgan fingerprint density at radius 1 is 1.27 bits per heavy atom. The van der Waals surface area contributed by atoms with E-state index >= 15 is 0 Å². The third-order valence-electron chi connectivity index (χ3n) is 3.64. The molecular formula is C16H21N5O. The van der Waals surface area contributed by atoms with E-state index in [1.165, 1.54) is 0 Å². The van der Waals surface area contributed by atoms with Gasteiger partial charge in [-0.25, -0.2) is 9.67 Å². The second-order valence-electron chi connectivity index (χ2n) is 6.41. The lowest BCUT2D eigenvalue weighted by atomic mass is 9.89. The van der Waals surface area contributed by atoms with Crippen molar-refractivity contribution in [2.75, 3.05) is 12.3 Å². The molecular weight excluding hydrogens is 278 g/mol. The van der Waals surface area contributed by atoms with E-state index in [9.17, 15) is 5.11 Å². The van der Waals surface area contributed by atoms with Crippen molar-refractivity contribution in [1.82, 2.24) is 19.7 Å². The number of nitrogens with two attached hydrogens (primary N) is 1. The van der Waals surface area contributed by atoms with Crippen LogP contribution >= 0.6 is 0 Å². The van der Waals surface area contributed by atoms with Crippen molar-refractivity contribution in [3.05, 3.63) is 30.0 Å². The fourth-order valence-electron chi connectivity index (χ4n) is 2.57. The molecule has 116 valence electrons. The molecule has 6 nitrogen and oxygen atoms in total. The summed E-state index contributed by atoms with van der Waals surface area (Å²) in [5.74, 6) is 1.24. The molecule has 0 atom stereocenters. The van der Waals surface area contributed by atoms with Crippen molar-refractivity contribution in [3.8, 4) is 11.4 Å². The molecule has 0 bridgehead atoms. The first-order valence-corrected chi connectivity index (χ1v) is 7.34. The van der Waals surface area contributed by atoms with Crippen LogP contribution in [-0.4, -0.2) is 31.5 Å². The highest BCUT2D eigenvalue weighted by atomic mass is 16.3. The zero-order valence-electron chi connectivity index (χ0n) is 13.1. The van der Waals surface area contributed by atoms with Crippen LogP contribution in [0.1, 0.15) is 26.5 Å². The van der Waals surface area contributed by atoms with E-state index in [0.29, 0.717) is 18.2 Å². The Morgan fingerprint density at radius 3 is 2.64 bits per heavy atom. The number of nitrogens with one attached hydrogen (secondary N) is 1. The Balaban J connectivity index is 2.23. The second kappa shape index (κ2) is 5.14. The van der Waals surface area contributed by atoms with Gasteiger partial charge < -0.3 is 15.8 Å². The number of nitrogens with zero attached hydrogens (tertiary/aromatic N) is 3. The number of benzene rings is 1. The molecule has 0 saturated carbocycles. The van der Waals surface area contributed by atoms with E-state index in [-0.39, 0.29) is 12.0 Å². The fourth-order valence-corrected chi connectivity index (χ4v) is 2.57. The molecule has 0 fully saturated rings. The summed E-state index contributed by atoms with van der Waals surface area (Å²) in [7, 11) is 0. The summed E-state index contributed by atoms with van der Waals surface area (Å²) in [4.78, 5) is 7.95. The third kappa shape index (κ3) is 2.35. The first-order chi connectivity index (χ1) is 10.4. The lowest BCUT2D eigenvalue weighted by Crippen LogP contribution is -2.14. The predicted octanol–water partition coefficient (Wildman–Crippen LogP) is 2.30. The normalized spacial score (nSPS) is 12.2. The van der Waals surface area contributed by atoms with Gasteiger partial charge in [-0.3, -0.25) is 0 Å². The van der Waals surface area contributed by atoms with Gasteiger partial charge in [0.25, 0.3) is 0 Å². The summed E-state index contributed by atoms with van der Waals surface area (Å²) in [6, 6.07) is 7.86. The molecule has 4 N–H and O–H groups in total. The van der Waals surface area contributed by atoms with E-state index in [4.69, 9.17) is 5.73 Å². The molecule has 0 aliphatic carbocycles. The van der Waals surface area contributed by atoms with Gasteiger partial charge in [0, 0.05) is 5.41 Å². The number of aromatic nitrogens is 4. The van der Waals surface area contributed by atoms with Gasteiger partial charge in [0.2, 0.25) is 0 Å². The molecule has 1 aromatic carbocycles. The maximum Gasteiger partial charge on any atom is 0.144 e. The van der Waals surface area contributed by atoms with E-state index in [2.05, 4.69) is 35.8 Å². The minimum atomic E-state index is -0.177. The molecule has 2 heterocycles. The number of para-hydroxylation sites is 2. The first-order valence-electron chi connectivity index (χ1n) is 7.34. The van der Waals surface area contributed by atoms with Gasteiger partial charge in [0.15, 0.2) is 0 Å². The van der Waals surface area contributed by atoms with Crippen LogP contribution < -0.4 is 5.73 Å². The molecule has 22 heavy (non-hydrogen) atoms. The third-order valence-corrected chi connectivity index (χ3v) is 3.64. The molecule has 3 aromatic rings. The highest BCUT2D eigenvalue weighted by molar-refractivity contribution is 5.83. The predicted molar refractivity (Wildman–Crippen MR) is 87.5 cm³/mol. The fraction of sp³-hybridized carbons (Fsp3) is 0.375. The SMILES string of the molecule is CC(C)(C)c1nn(CCO)c(N)c1-c1nc2ccccc2[nH]1. The van der Waals surface area contributed by atoms with E-state index in [1.807, 2.05) is 24.3 Å². The number of H-pyrrole nitrogens is 1. The molecule has 0 aliphatic heterocycles. The molecule has 0 radical (unpaired) electrons. The van der Waals surface area contributed by atoms with Crippen molar-refractivity contribution in [2.24, 2.45) is 0 Å². The Bertz CT molecular complexity index is 777. The summed E-state index contributed by atoms with van der Waals surface area (Å²) in [5, 5.41) is 13.8. The molecule has 0 spiro atoms. The largest absolute Gasteiger partial charge is 0.394 e.